The number of carbonyl (C=O) groups excluding carboxylic acids is 3. The van der Waals surface area contributed by atoms with E-state index in [1.165, 1.54) is 0 Å². The van der Waals surface area contributed by atoms with E-state index < -0.39 is 0 Å². The van der Waals surface area contributed by atoms with Gasteiger partial charge in [-0.3, -0.25) is 14.4 Å². The van der Waals surface area contributed by atoms with Crippen molar-refractivity contribution < 1.29 is 14.4 Å². The molecular formula is C27H29ClN4O3. The second-order valence-electron chi connectivity index (χ2n) is 8.08. The van der Waals surface area contributed by atoms with Gasteiger partial charge < -0.3 is 21.3 Å². The summed E-state index contributed by atoms with van der Waals surface area (Å²) < 4.78 is 0. The lowest BCUT2D eigenvalue weighted by atomic mass is 10.1. The van der Waals surface area contributed by atoms with E-state index in [2.05, 4.69) is 21.3 Å². The van der Waals surface area contributed by atoms with Crippen molar-refractivity contribution in [2.24, 2.45) is 0 Å². The van der Waals surface area contributed by atoms with Crippen molar-refractivity contribution in [2.75, 3.05) is 22.5 Å². The molecule has 3 rings (SSSR count). The first-order valence-electron chi connectivity index (χ1n) is 11.4. The van der Waals surface area contributed by atoms with Gasteiger partial charge in [0.2, 0.25) is 11.8 Å². The van der Waals surface area contributed by atoms with Crippen molar-refractivity contribution in [3.8, 4) is 0 Å². The highest BCUT2D eigenvalue weighted by atomic mass is 35.5. The molecule has 0 aromatic heterocycles. The molecule has 0 saturated heterocycles. The maximum Gasteiger partial charge on any atom is 0.251 e. The van der Waals surface area contributed by atoms with Crippen molar-refractivity contribution in [2.45, 2.75) is 32.7 Å². The number of hydrogen-bond acceptors (Lipinski definition) is 4. The average molecular weight is 493 g/mol. The zero-order valence-corrected chi connectivity index (χ0v) is 20.5. The molecule has 0 aliphatic rings. The van der Waals surface area contributed by atoms with Crippen LogP contribution in [0.2, 0.25) is 5.02 Å². The number of hydrogen-bond donors (Lipinski definition) is 4. The van der Waals surface area contributed by atoms with Crippen LogP contribution in [0.3, 0.4) is 0 Å². The Balaban J connectivity index is 1.51. The van der Waals surface area contributed by atoms with Gasteiger partial charge in [-0.2, -0.15) is 0 Å². The number of halogens is 1. The van der Waals surface area contributed by atoms with E-state index >= 15 is 0 Å². The standard InChI is InChI=1S/C27H29ClN4O3/c1-3-7-25(33)31-22-14-15-23(28)24(16-22)32-26(34)17-29-21-12-10-20(11-13-21)27(35)30-18(2)19-8-5-4-6-9-19/h4-6,8-16,18,29H,3,7,17H2,1-2H3,(H,30,35)(H,31,33)(H,32,34). The second-order valence-corrected chi connectivity index (χ2v) is 8.48. The Morgan fingerprint density at radius 1 is 0.857 bits per heavy atom. The van der Waals surface area contributed by atoms with Gasteiger partial charge >= 0.3 is 0 Å². The number of nitrogens with one attached hydrogen (secondary N) is 4. The molecule has 0 fully saturated rings. The third-order valence-electron chi connectivity index (χ3n) is 5.25. The molecule has 0 spiro atoms. The Kier molecular flexibility index (Phi) is 9.26. The number of benzene rings is 3. The van der Waals surface area contributed by atoms with Gasteiger partial charge in [-0.1, -0.05) is 48.9 Å². The lowest BCUT2D eigenvalue weighted by Gasteiger charge is -2.14. The molecular weight excluding hydrogens is 464 g/mol. The largest absolute Gasteiger partial charge is 0.376 e. The van der Waals surface area contributed by atoms with Gasteiger partial charge in [0.15, 0.2) is 0 Å². The van der Waals surface area contributed by atoms with Gasteiger partial charge in [-0.15, -0.1) is 0 Å². The van der Waals surface area contributed by atoms with Crippen LogP contribution >= 0.6 is 11.6 Å². The number of rotatable bonds is 10. The predicted molar refractivity (Wildman–Crippen MR) is 141 cm³/mol. The molecule has 0 aliphatic carbocycles. The maximum atomic E-state index is 12.5. The lowest BCUT2D eigenvalue weighted by molar-refractivity contribution is -0.116. The minimum atomic E-state index is -0.303. The van der Waals surface area contributed by atoms with Gasteiger partial charge in [0.05, 0.1) is 23.3 Å². The smallest absolute Gasteiger partial charge is 0.251 e. The zero-order chi connectivity index (χ0) is 25.2. The summed E-state index contributed by atoms with van der Waals surface area (Å²) in [7, 11) is 0. The van der Waals surface area contributed by atoms with Gasteiger partial charge in [0, 0.05) is 23.4 Å². The van der Waals surface area contributed by atoms with Crippen LogP contribution in [-0.2, 0) is 9.59 Å². The maximum absolute atomic E-state index is 12.5. The Morgan fingerprint density at radius 3 is 2.23 bits per heavy atom. The van der Waals surface area contributed by atoms with E-state index in [1.54, 1.807) is 42.5 Å². The highest BCUT2D eigenvalue weighted by Gasteiger charge is 2.12. The van der Waals surface area contributed by atoms with Crippen LogP contribution in [0, 0.1) is 0 Å². The van der Waals surface area contributed by atoms with Gasteiger partial charge in [-0.05, 0) is 61.4 Å². The van der Waals surface area contributed by atoms with Crippen LogP contribution in [-0.4, -0.2) is 24.3 Å². The fraction of sp³-hybridized carbons (Fsp3) is 0.222. The van der Waals surface area contributed by atoms with E-state index in [1.807, 2.05) is 44.2 Å². The average Bonchev–Trinajstić information content (AvgIpc) is 2.85. The quantitative estimate of drug-likeness (QED) is 0.295. The molecule has 182 valence electrons. The second kappa shape index (κ2) is 12.6. The first-order valence-corrected chi connectivity index (χ1v) is 11.8. The Bertz CT molecular complexity index is 1170. The SMILES string of the molecule is CCCC(=O)Nc1ccc(Cl)c(NC(=O)CNc2ccc(C(=O)NC(C)c3ccccc3)cc2)c1. The Labute approximate surface area is 210 Å². The first kappa shape index (κ1) is 25.8. The van der Waals surface area contributed by atoms with Gasteiger partial charge in [0.25, 0.3) is 5.91 Å². The fourth-order valence-corrected chi connectivity index (χ4v) is 3.54. The summed E-state index contributed by atoms with van der Waals surface area (Å²) in [6, 6.07) is 21.4. The fourth-order valence-electron chi connectivity index (χ4n) is 3.37. The van der Waals surface area contributed by atoms with Crippen LogP contribution in [0.25, 0.3) is 0 Å². The van der Waals surface area contributed by atoms with Crippen LogP contribution in [0.4, 0.5) is 17.1 Å². The van der Waals surface area contributed by atoms with E-state index in [0.29, 0.717) is 34.1 Å². The summed E-state index contributed by atoms with van der Waals surface area (Å²) in [4.78, 5) is 36.8. The molecule has 3 aromatic carbocycles. The summed E-state index contributed by atoms with van der Waals surface area (Å²) in [5, 5.41) is 11.9. The Morgan fingerprint density at radius 2 is 1.54 bits per heavy atom. The predicted octanol–water partition coefficient (Wildman–Crippen LogP) is 5.62. The molecule has 0 heterocycles. The molecule has 1 unspecified atom stereocenters. The van der Waals surface area contributed by atoms with E-state index in [-0.39, 0.29) is 30.3 Å². The van der Waals surface area contributed by atoms with Crippen LogP contribution in [0.5, 0.6) is 0 Å². The van der Waals surface area contributed by atoms with E-state index in [9.17, 15) is 14.4 Å². The number of amides is 3. The van der Waals surface area contributed by atoms with Crippen molar-refractivity contribution in [1.82, 2.24) is 5.32 Å². The molecule has 4 N–H and O–H groups in total. The van der Waals surface area contributed by atoms with Crippen LogP contribution in [0.1, 0.15) is 48.7 Å². The topological polar surface area (TPSA) is 99.3 Å². The molecule has 0 bridgehead atoms. The molecule has 1 atom stereocenters. The minimum Gasteiger partial charge on any atom is -0.376 e. The molecule has 3 aromatic rings. The number of carbonyl (C=O) groups is 3. The van der Waals surface area contributed by atoms with Crippen molar-refractivity contribution in [1.29, 1.82) is 0 Å². The van der Waals surface area contributed by atoms with Crippen molar-refractivity contribution in [3.63, 3.8) is 0 Å². The molecule has 8 heteroatoms. The Hall–Kier alpha value is -3.84. The number of anilines is 3. The monoisotopic (exact) mass is 492 g/mol. The highest BCUT2D eigenvalue weighted by Crippen LogP contribution is 2.26. The third kappa shape index (κ3) is 7.86. The summed E-state index contributed by atoms with van der Waals surface area (Å²) in [6.07, 6.45) is 1.16. The zero-order valence-electron chi connectivity index (χ0n) is 19.7. The van der Waals surface area contributed by atoms with Crippen LogP contribution in [0.15, 0.2) is 72.8 Å². The van der Waals surface area contributed by atoms with Crippen LogP contribution < -0.4 is 21.3 Å². The van der Waals surface area contributed by atoms with Gasteiger partial charge in [-0.25, -0.2) is 0 Å². The van der Waals surface area contributed by atoms with E-state index in [4.69, 9.17) is 11.6 Å². The van der Waals surface area contributed by atoms with E-state index in [0.717, 1.165) is 12.0 Å². The molecule has 3 amide bonds. The minimum absolute atomic E-state index is 0.000660. The summed E-state index contributed by atoms with van der Waals surface area (Å²) in [5.74, 6) is -0.575. The first-order chi connectivity index (χ1) is 16.9. The molecule has 35 heavy (non-hydrogen) atoms. The van der Waals surface area contributed by atoms with Crippen molar-refractivity contribution in [3.05, 3.63) is 88.9 Å². The summed E-state index contributed by atoms with van der Waals surface area (Å²) in [5.41, 5.74) is 3.22. The molecule has 0 saturated carbocycles. The third-order valence-corrected chi connectivity index (χ3v) is 5.58. The van der Waals surface area contributed by atoms with Gasteiger partial charge in [0.1, 0.15) is 0 Å². The lowest BCUT2D eigenvalue weighted by Crippen LogP contribution is -2.26. The summed E-state index contributed by atoms with van der Waals surface area (Å²) >= 11 is 6.19. The molecule has 7 nitrogen and oxygen atoms in total. The van der Waals surface area contributed by atoms with Crippen molar-refractivity contribution >= 4 is 46.4 Å². The molecule has 0 radical (unpaired) electrons. The molecule has 0 aliphatic heterocycles. The summed E-state index contributed by atoms with van der Waals surface area (Å²) in [6.45, 7) is 3.86. The highest BCUT2D eigenvalue weighted by molar-refractivity contribution is 6.34. The normalized spacial score (nSPS) is 11.3.